The number of anilines is 2. The Hall–Kier alpha value is -4.00. The highest BCUT2D eigenvalue weighted by Gasteiger charge is 2.43. The summed E-state index contributed by atoms with van der Waals surface area (Å²) in [5, 5.41) is 10.6. The van der Waals surface area contributed by atoms with Crippen LogP contribution in [0.2, 0.25) is 5.02 Å². The Kier molecular flexibility index (Phi) is 7.48. The molecule has 9 nitrogen and oxygen atoms in total. The molecule has 4 rings (SSSR count). The monoisotopic (exact) mass is 508 g/mol. The van der Waals surface area contributed by atoms with E-state index in [2.05, 4.69) is 11.0 Å². The highest BCUT2D eigenvalue weighted by molar-refractivity contribution is 6.31. The molecule has 1 atom stereocenters. The van der Waals surface area contributed by atoms with Crippen LogP contribution in [0.25, 0.3) is 0 Å². The Bertz CT molecular complexity index is 1280. The Morgan fingerprint density at radius 3 is 2.33 bits per heavy atom. The molecule has 0 aliphatic carbocycles. The van der Waals surface area contributed by atoms with Crippen LogP contribution in [0.4, 0.5) is 11.4 Å². The van der Waals surface area contributed by atoms with E-state index in [9.17, 15) is 14.9 Å². The molecule has 186 valence electrons. The van der Waals surface area contributed by atoms with Crippen LogP contribution >= 0.6 is 11.6 Å². The summed E-state index contributed by atoms with van der Waals surface area (Å²) in [4.78, 5) is 30.0. The number of carbonyl (C=O) groups is 2. The van der Waals surface area contributed by atoms with Crippen molar-refractivity contribution in [1.82, 2.24) is 0 Å². The number of esters is 2. The van der Waals surface area contributed by atoms with Gasteiger partial charge in [-0.15, -0.1) is 0 Å². The van der Waals surface area contributed by atoms with E-state index < -0.39 is 17.9 Å². The van der Waals surface area contributed by atoms with Crippen LogP contribution in [0, 0.1) is 11.3 Å². The van der Waals surface area contributed by atoms with Gasteiger partial charge in [-0.2, -0.15) is 5.26 Å². The molecule has 0 spiro atoms. The first kappa shape index (κ1) is 25.1. The maximum absolute atomic E-state index is 13.3. The van der Waals surface area contributed by atoms with Crippen molar-refractivity contribution < 1.29 is 23.8 Å². The zero-order chi connectivity index (χ0) is 25.8. The first-order chi connectivity index (χ1) is 17.4. The Balaban J connectivity index is 2.05. The fourth-order valence-corrected chi connectivity index (χ4v) is 4.68. The Labute approximate surface area is 213 Å². The second kappa shape index (κ2) is 10.7. The minimum absolute atomic E-state index is 0.0174. The second-order valence-corrected chi connectivity index (χ2v) is 8.50. The van der Waals surface area contributed by atoms with Gasteiger partial charge in [-0.3, -0.25) is 4.90 Å². The molecule has 2 aromatic carbocycles. The minimum Gasteiger partial charge on any atom is -0.466 e. The van der Waals surface area contributed by atoms with Gasteiger partial charge < -0.3 is 24.8 Å². The number of benzene rings is 2. The van der Waals surface area contributed by atoms with E-state index in [-0.39, 0.29) is 22.7 Å². The summed E-state index contributed by atoms with van der Waals surface area (Å²) < 4.78 is 15.7. The third kappa shape index (κ3) is 4.49. The standard InChI is InChI=1S/C26H25ClN4O5/c1-34-25(32)22-21(16-6-4-3-5-7-16)18(15-28)24(29)31(23(22)26(33)35-2)20-14-17(27)8-9-19(20)30-10-12-36-13-11-30/h3-9,14,21H,10-13,29H2,1-2H3. The van der Waals surface area contributed by atoms with Gasteiger partial charge in [0, 0.05) is 18.1 Å². The van der Waals surface area contributed by atoms with E-state index in [4.69, 9.17) is 31.5 Å². The zero-order valence-electron chi connectivity index (χ0n) is 19.9. The fraction of sp³-hybridized carbons (Fsp3) is 0.269. The first-order valence-electron chi connectivity index (χ1n) is 11.2. The number of allylic oxidation sites excluding steroid dienone is 1. The molecule has 2 heterocycles. The van der Waals surface area contributed by atoms with Gasteiger partial charge in [0.15, 0.2) is 0 Å². The molecule has 0 amide bonds. The predicted octanol–water partition coefficient (Wildman–Crippen LogP) is 3.07. The second-order valence-electron chi connectivity index (χ2n) is 8.07. The highest BCUT2D eigenvalue weighted by atomic mass is 35.5. The Morgan fingerprint density at radius 2 is 1.72 bits per heavy atom. The van der Waals surface area contributed by atoms with Crippen molar-refractivity contribution in [2.24, 2.45) is 5.73 Å². The minimum atomic E-state index is -0.944. The molecule has 0 radical (unpaired) electrons. The van der Waals surface area contributed by atoms with Gasteiger partial charge in [0.05, 0.1) is 61.9 Å². The van der Waals surface area contributed by atoms with Crippen molar-refractivity contribution in [3.63, 3.8) is 0 Å². The molecular formula is C26H25ClN4O5. The molecule has 0 bridgehead atoms. The third-order valence-electron chi connectivity index (χ3n) is 6.14. The van der Waals surface area contributed by atoms with Gasteiger partial charge in [0.1, 0.15) is 11.5 Å². The van der Waals surface area contributed by atoms with Crippen LogP contribution in [0.15, 0.2) is 71.2 Å². The summed E-state index contributed by atoms with van der Waals surface area (Å²) in [5.41, 5.74) is 8.22. The van der Waals surface area contributed by atoms with Crippen molar-refractivity contribution in [2.75, 3.05) is 50.3 Å². The average molecular weight is 509 g/mol. The lowest BCUT2D eigenvalue weighted by atomic mass is 9.81. The quantitative estimate of drug-likeness (QED) is 0.608. The summed E-state index contributed by atoms with van der Waals surface area (Å²) in [5.74, 6) is -2.56. The lowest BCUT2D eigenvalue weighted by Gasteiger charge is -2.39. The average Bonchev–Trinajstić information content (AvgIpc) is 2.92. The summed E-state index contributed by atoms with van der Waals surface area (Å²) >= 11 is 6.39. The zero-order valence-corrected chi connectivity index (χ0v) is 20.6. The van der Waals surface area contributed by atoms with Crippen molar-refractivity contribution in [2.45, 2.75) is 5.92 Å². The van der Waals surface area contributed by atoms with Crippen LogP contribution < -0.4 is 15.5 Å². The van der Waals surface area contributed by atoms with Crippen molar-refractivity contribution in [3.05, 3.63) is 81.8 Å². The summed E-state index contributed by atoms with van der Waals surface area (Å²) in [6, 6.07) is 16.2. The predicted molar refractivity (Wildman–Crippen MR) is 134 cm³/mol. The number of morpholine rings is 1. The lowest BCUT2D eigenvalue weighted by molar-refractivity contribution is -0.139. The van der Waals surface area contributed by atoms with E-state index in [0.29, 0.717) is 48.3 Å². The SMILES string of the molecule is COC(=O)C1=C(C(=O)OC)N(c2cc(Cl)ccc2N2CCOCC2)C(N)=C(C#N)C1c1ccccc1. The first-order valence-corrected chi connectivity index (χ1v) is 11.6. The highest BCUT2D eigenvalue weighted by Crippen LogP contribution is 2.46. The lowest BCUT2D eigenvalue weighted by Crippen LogP contribution is -2.42. The number of methoxy groups -OCH3 is 2. The smallest absolute Gasteiger partial charge is 0.355 e. The number of carbonyl (C=O) groups excluding carboxylic acids is 2. The van der Waals surface area contributed by atoms with Crippen molar-refractivity contribution >= 4 is 34.9 Å². The molecule has 0 aromatic heterocycles. The maximum atomic E-state index is 13.3. The number of nitrogens with two attached hydrogens (primary N) is 1. The number of ether oxygens (including phenoxy) is 3. The van der Waals surface area contributed by atoms with Gasteiger partial charge in [0.2, 0.25) is 0 Å². The molecule has 1 fully saturated rings. The van der Waals surface area contributed by atoms with Gasteiger partial charge in [-0.05, 0) is 23.8 Å². The molecule has 2 N–H and O–H groups in total. The van der Waals surface area contributed by atoms with Crippen LogP contribution in [-0.2, 0) is 23.8 Å². The number of nitriles is 1. The molecule has 10 heteroatoms. The van der Waals surface area contributed by atoms with Crippen LogP contribution in [0.3, 0.4) is 0 Å². The van der Waals surface area contributed by atoms with Gasteiger partial charge in [0.25, 0.3) is 0 Å². The molecule has 2 aromatic rings. The summed E-state index contributed by atoms with van der Waals surface area (Å²) in [6.45, 7) is 2.20. The van der Waals surface area contributed by atoms with Crippen molar-refractivity contribution in [3.8, 4) is 6.07 Å². The van der Waals surface area contributed by atoms with E-state index in [1.54, 1.807) is 48.5 Å². The maximum Gasteiger partial charge on any atom is 0.355 e. The topological polar surface area (TPSA) is 118 Å². The molecule has 36 heavy (non-hydrogen) atoms. The van der Waals surface area contributed by atoms with Gasteiger partial charge in [-0.25, -0.2) is 9.59 Å². The van der Waals surface area contributed by atoms with E-state index in [1.807, 2.05) is 0 Å². The van der Waals surface area contributed by atoms with Crippen LogP contribution in [0.5, 0.6) is 0 Å². The molecule has 1 saturated heterocycles. The fourth-order valence-electron chi connectivity index (χ4n) is 4.51. The number of rotatable bonds is 5. The molecule has 2 aliphatic heterocycles. The number of halogens is 1. The number of hydrogen-bond donors (Lipinski definition) is 1. The molecule has 0 saturated carbocycles. The normalized spacial score (nSPS) is 18.1. The van der Waals surface area contributed by atoms with Crippen LogP contribution in [-0.4, -0.2) is 52.5 Å². The third-order valence-corrected chi connectivity index (χ3v) is 6.38. The van der Waals surface area contributed by atoms with E-state index in [1.165, 1.54) is 19.1 Å². The molecule has 2 aliphatic rings. The van der Waals surface area contributed by atoms with E-state index in [0.717, 1.165) is 0 Å². The van der Waals surface area contributed by atoms with Crippen LogP contribution in [0.1, 0.15) is 11.5 Å². The number of nitrogens with zero attached hydrogens (tertiary/aromatic N) is 3. The Morgan fingerprint density at radius 1 is 1.06 bits per heavy atom. The summed E-state index contributed by atoms with van der Waals surface area (Å²) in [7, 11) is 2.42. The number of hydrogen-bond acceptors (Lipinski definition) is 9. The molecule has 1 unspecified atom stereocenters. The van der Waals surface area contributed by atoms with Gasteiger partial charge >= 0.3 is 11.9 Å². The van der Waals surface area contributed by atoms with Crippen molar-refractivity contribution in [1.29, 1.82) is 5.26 Å². The van der Waals surface area contributed by atoms with Gasteiger partial charge in [-0.1, -0.05) is 41.9 Å². The summed E-state index contributed by atoms with van der Waals surface area (Å²) in [6.07, 6.45) is 0. The van der Waals surface area contributed by atoms with E-state index >= 15 is 0 Å². The molecular weight excluding hydrogens is 484 g/mol. The largest absolute Gasteiger partial charge is 0.466 e.